The van der Waals surface area contributed by atoms with Gasteiger partial charge in [-0.2, -0.15) is 13.2 Å². The van der Waals surface area contributed by atoms with Gasteiger partial charge in [-0.3, -0.25) is 0 Å². The lowest BCUT2D eigenvalue weighted by molar-refractivity contribution is -0.119. The Kier molecular flexibility index (Phi) is 4.71. The van der Waals surface area contributed by atoms with Crippen LogP contribution in [0.3, 0.4) is 0 Å². The average molecular weight is 264 g/mol. The Balaban J connectivity index is 2.98. The van der Waals surface area contributed by atoms with E-state index in [-0.39, 0.29) is 30.6 Å². The molecule has 1 aromatic heterocycles. The van der Waals surface area contributed by atoms with Crippen LogP contribution in [0.25, 0.3) is 0 Å². The van der Waals surface area contributed by atoms with Crippen molar-refractivity contribution in [1.82, 2.24) is 9.97 Å². The number of hydrogen-bond acceptors (Lipinski definition) is 5. The minimum absolute atomic E-state index is 0.0988. The molecule has 0 atom stereocenters. The molecule has 102 valence electrons. The molecule has 0 spiro atoms. The number of methoxy groups -OCH3 is 1. The van der Waals surface area contributed by atoms with Gasteiger partial charge < -0.3 is 15.4 Å². The van der Waals surface area contributed by atoms with E-state index in [1.165, 1.54) is 13.2 Å². The molecule has 0 unspecified atom stereocenters. The predicted molar refractivity (Wildman–Crippen MR) is 61.1 cm³/mol. The molecule has 0 aliphatic heterocycles. The number of aromatic nitrogens is 2. The van der Waals surface area contributed by atoms with Crippen LogP contribution in [0.4, 0.5) is 24.8 Å². The lowest BCUT2D eigenvalue weighted by Crippen LogP contribution is -2.35. The van der Waals surface area contributed by atoms with Crippen LogP contribution in [0.2, 0.25) is 0 Å². The Morgan fingerprint density at radius 3 is 2.56 bits per heavy atom. The quantitative estimate of drug-likeness (QED) is 0.875. The van der Waals surface area contributed by atoms with Crippen LogP contribution < -0.4 is 10.6 Å². The average Bonchev–Trinajstić information content (AvgIpc) is 2.24. The van der Waals surface area contributed by atoms with Crippen LogP contribution in [-0.4, -0.2) is 36.3 Å². The third-order valence-electron chi connectivity index (χ3n) is 2.13. The van der Waals surface area contributed by atoms with E-state index in [0.717, 1.165) is 4.90 Å². The van der Waals surface area contributed by atoms with E-state index < -0.39 is 12.7 Å². The van der Waals surface area contributed by atoms with E-state index in [0.29, 0.717) is 0 Å². The Hall–Kier alpha value is -1.57. The molecule has 0 aliphatic carbocycles. The van der Waals surface area contributed by atoms with Gasteiger partial charge >= 0.3 is 6.18 Å². The zero-order valence-corrected chi connectivity index (χ0v) is 10.2. The third kappa shape index (κ3) is 4.36. The van der Waals surface area contributed by atoms with E-state index in [4.69, 9.17) is 10.5 Å². The summed E-state index contributed by atoms with van der Waals surface area (Å²) in [4.78, 5) is 8.94. The lowest BCUT2D eigenvalue weighted by atomic mass is 10.4. The number of halogens is 3. The zero-order valence-electron chi connectivity index (χ0n) is 10.2. The van der Waals surface area contributed by atoms with Gasteiger partial charge in [0.05, 0.1) is 0 Å². The number of alkyl halides is 3. The Bertz CT molecular complexity index is 397. The summed E-state index contributed by atoms with van der Waals surface area (Å²) in [5.41, 5.74) is 5.53. The first-order valence-corrected chi connectivity index (χ1v) is 5.29. The van der Waals surface area contributed by atoms with E-state index in [1.807, 2.05) is 0 Å². The van der Waals surface area contributed by atoms with Crippen LogP contribution in [0.5, 0.6) is 0 Å². The minimum Gasteiger partial charge on any atom is -0.384 e. The van der Waals surface area contributed by atoms with Crippen molar-refractivity contribution in [2.45, 2.75) is 19.7 Å². The molecule has 0 bridgehead atoms. The van der Waals surface area contributed by atoms with Crippen molar-refractivity contribution < 1.29 is 17.9 Å². The van der Waals surface area contributed by atoms with Gasteiger partial charge in [-0.15, -0.1) is 0 Å². The van der Waals surface area contributed by atoms with Crippen molar-refractivity contribution in [3.05, 3.63) is 11.9 Å². The van der Waals surface area contributed by atoms with E-state index in [2.05, 4.69) is 9.97 Å². The summed E-state index contributed by atoms with van der Waals surface area (Å²) >= 11 is 0. The number of rotatable bonds is 5. The van der Waals surface area contributed by atoms with Gasteiger partial charge in [-0.05, 0) is 6.92 Å². The maximum Gasteiger partial charge on any atom is 0.405 e. The summed E-state index contributed by atoms with van der Waals surface area (Å²) in [5, 5.41) is 0. The second kappa shape index (κ2) is 5.85. The van der Waals surface area contributed by atoms with E-state index in [1.54, 1.807) is 6.92 Å². The van der Waals surface area contributed by atoms with Crippen molar-refractivity contribution in [3.63, 3.8) is 0 Å². The number of nitrogen functional groups attached to an aromatic ring is 1. The molecule has 8 heteroatoms. The first-order valence-electron chi connectivity index (χ1n) is 5.29. The van der Waals surface area contributed by atoms with Crippen molar-refractivity contribution in [3.8, 4) is 0 Å². The molecule has 0 radical (unpaired) electrons. The predicted octanol–water partition coefficient (Wildman–Crippen LogP) is 1.59. The van der Waals surface area contributed by atoms with Crippen LogP contribution in [-0.2, 0) is 11.3 Å². The second-order valence-corrected chi connectivity index (χ2v) is 3.63. The van der Waals surface area contributed by atoms with Gasteiger partial charge in [-0.1, -0.05) is 0 Å². The number of anilines is 2. The molecule has 0 saturated carbocycles. The van der Waals surface area contributed by atoms with Gasteiger partial charge in [-0.25, -0.2) is 9.97 Å². The largest absolute Gasteiger partial charge is 0.405 e. The summed E-state index contributed by atoms with van der Waals surface area (Å²) in [7, 11) is 1.44. The van der Waals surface area contributed by atoms with Crippen LogP contribution in [0.1, 0.15) is 12.7 Å². The van der Waals surface area contributed by atoms with Crippen LogP contribution >= 0.6 is 0 Å². The maximum atomic E-state index is 12.4. The Labute approximate surface area is 103 Å². The molecule has 0 fully saturated rings. The lowest BCUT2D eigenvalue weighted by Gasteiger charge is -2.23. The summed E-state index contributed by atoms with van der Waals surface area (Å²) in [6.07, 6.45) is -4.29. The molecular formula is C10H15F3N4O. The fourth-order valence-corrected chi connectivity index (χ4v) is 1.43. The molecule has 0 saturated heterocycles. The van der Waals surface area contributed by atoms with Gasteiger partial charge in [0.15, 0.2) is 5.82 Å². The van der Waals surface area contributed by atoms with Crippen molar-refractivity contribution >= 4 is 11.6 Å². The summed E-state index contributed by atoms with van der Waals surface area (Å²) in [5.74, 6) is 0.523. The monoisotopic (exact) mass is 264 g/mol. The number of hydrogen-bond donors (Lipinski definition) is 1. The first kappa shape index (κ1) is 14.5. The van der Waals surface area contributed by atoms with Crippen molar-refractivity contribution in [2.24, 2.45) is 0 Å². The van der Waals surface area contributed by atoms with Crippen LogP contribution in [0, 0.1) is 0 Å². The van der Waals surface area contributed by atoms with Gasteiger partial charge in [0, 0.05) is 19.7 Å². The topological polar surface area (TPSA) is 64.3 Å². The van der Waals surface area contributed by atoms with Crippen LogP contribution in [0.15, 0.2) is 6.07 Å². The van der Waals surface area contributed by atoms with Gasteiger partial charge in [0.2, 0.25) is 0 Å². The number of nitrogens with zero attached hydrogens (tertiary/aromatic N) is 3. The molecule has 1 rings (SSSR count). The van der Waals surface area contributed by atoms with E-state index in [9.17, 15) is 13.2 Å². The smallest absolute Gasteiger partial charge is 0.384 e. The normalized spacial score (nSPS) is 11.6. The highest BCUT2D eigenvalue weighted by atomic mass is 19.4. The SMILES string of the molecule is CCN(CC(F)(F)F)c1cc(N)nc(COC)n1. The molecule has 5 nitrogen and oxygen atoms in total. The zero-order chi connectivity index (χ0) is 13.8. The van der Waals surface area contributed by atoms with Crippen molar-refractivity contribution in [1.29, 1.82) is 0 Å². The highest BCUT2D eigenvalue weighted by molar-refractivity contribution is 5.47. The van der Waals surface area contributed by atoms with E-state index >= 15 is 0 Å². The summed E-state index contributed by atoms with van der Waals surface area (Å²) < 4.78 is 42.0. The highest BCUT2D eigenvalue weighted by Crippen LogP contribution is 2.21. The maximum absolute atomic E-state index is 12.4. The number of nitrogens with two attached hydrogens (primary N) is 1. The molecule has 1 aromatic rings. The molecule has 0 aromatic carbocycles. The minimum atomic E-state index is -4.29. The fraction of sp³-hybridized carbons (Fsp3) is 0.600. The van der Waals surface area contributed by atoms with Gasteiger partial charge in [0.25, 0.3) is 0 Å². The summed E-state index contributed by atoms with van der Waals surface area (Å²) in [6.45, 7) is 0.802. The first-order chi connectivity index (χ1) is 8.35. The molecule has 1 heterocycles. The third-order valence-corrected chi connectivity index (χ3v) is 2.13. The number of ether oxygens (including phenoxy) is 1. The molecule has 0 amide bonds. The highest BCUT2D eigenvalue weighted by Gasteiger charge is 2.31. The Morgan fingerprint density at radius 2 is 2.06 bits per heavy atom. The van der Waals surface area contributed by atoms with Crippen molar-refractivity contribution in [2.75, 3.05) is 30.8 Å². The Morgan fingerprint density at radius 1 is 1.39 bits per heavy atom. The summed E-state index contributed by atoms with van der Waals surface area (Å²) in [6, 6.07) is 1.31. The standard InChI is InChI=1S/C10H15F3N4O/c1-3-17(6-10(11,12)13)9-4-7(14)15-8(16-9)5-18-2/h4H,3,5-6H2,1-2H3,(H2,14,15,16). The fourth-order valence-electron chi connectivity index (χ4n) is 1.43. The molecule has 18 heavy (non-hydrogen) atoms. The second-order valence-electron chi connectivity index (χ2n) is 3.63. The molecule has 2 N–H and O–H groups in total. The molecule has 0 aliphatic rings. The molecular weight excluding hydrogens is 249 g/mol. The van der Waals surface area contributed by atoms with Gasteiger partial charge in [0.1, 0.15) is 24.8 Å².